The number of anilines is 3. The van der Waals surface area contributed by atoms with Gasteiger partial charge in [0.05, 0.1) is 5.39 Å². The van der Waals surface area contributed by atoms with Gasteiger partial charge in [0, 0.05) is 28.0 Å². The first-order valence-electron chi connectivity index (χ1n) is 13.6. The minimum atomic E-state index is 0.610. The predicted molar refractivity (Wildman–Crippen MR) is 167 cm³/mol. The molecule has 194 valence electrons. The summed E-state index contributed by atoms with van der Waals surface area (Å²) in [7, 11) is 0. The monoisotopic (exact) mass is 528 g/mol. The fourth-order valence-corrected chi connectivity index (χ4v) is 5.53. The molecule has 6 aromatic carbocycles. The molecule has 0 aliphatic carbocycles. The van der Waals surface area contributed by atoms with Gasteiger partial charge in [-0.25, -0.2) is 4.98 Å². The van der Waals surface area contributed by atoms with Crippen LogP contribution in [0, 0.1) is 0 Å². The van der Waals surface area contributed by atoms with Gasteiger partial charge < -0.3 is 13.7 Å². The molecule has 0 saturated heterocycles. The van der Waals surface area contributed by atoms with E-state index in [9.17, 15) is 0 Å². The first-order chi connectivity index (χ1) is 20.3. The van der Waals surface area contributed by atoms with Crippen molar-refractivity contribution < 1.29 is 8.83 Å². The van der Waals surface area contributed by atoms with E-state index in [2.05, 4.69) is 95.9 Å². The van der Waals surface area contributed by atoms with Crippen LogP contribution >= 0.6 is 0 Å². The molecule has 0 radical (unpaired) electrons. The third kappa shape index (κ3) is 4.05. The van der Waals surface area contributed by atoms with Gasteiger partial charge in [-0.3, -0.25) is 0 Å². The Hall–Kier alpha value is -5.61. The molecule has 2 aromatic heterocycles. The van der Waals surface area contributed by atoms with Crippen molar-refractivity contribution in [2.75, 3.05) is 4.90 Å². The van der Waals surface area contributed by atoms with E-state index in [1.807, 2.05) is 54.6 Å². The molecule has 0 atom stereocenters. The topological polar surface area (TPSA) is 42.4 Å². The highest BCUT2D eigenvalue weighted by Gasteiger charge is 2.17. The van der Waals surface area contributed by atoms with Crippen molar-refractivity contribution in [1.29, 1.82) is 0 Å². The van der Waals surface area contributed by atoms with Crippen LogP contribution in [0.3, 0.4) is 0 Å². The Morgan fingerprint density at radius 1 is 0.463 bits per heavy atom. The van der Waals surface area contributed by atoms with Crippen molar-refractivity contribution in [2.45, 2.75) is 0 Å². The normalized spacial score (nSPS) is 11.4. The third-order valence-electron chi connectivity index (χ3n) is 7.50. The summed E-state index contributed by atoms with van der Waals surface area (Å²) in [6.45, 7) is 0. The molecule has 0 fully saturated rings. The summed E-state index contributed by atoms with van der Waals surface area (Å²) in [5.74, 6) is 0.610. The molecule has 0 amide bonds. The largest absolute Gasteiger partial charge is 0.456 e. The molecule has 4 nitrogen and oxygen atoms in total. The molecule has 0 N–H and O–H groups in total. The van der Waals surface area contributed by atoms with Gasteiger partial charge in [0.1, 0.15) is 16.7 Å². The Morgan fingerprint density at radius 2 is 1.07 bits per heavy atom. The predicted octanol–water partition coefficient (Wildman–Crippen LogP) is 10.5. The standard InChI is InChI=1S/C37H24N2O2/c1-4-10-26(11-5-1)37-38-32-22-23-33-35(36(32)41-37)31-21-18-27(24-34(31)40-33)25-16-19-30(20-17-25)39(28-12-6-2-7-13-28)29-14-8-3-9-15-29/h1-24H. The lowest BCUT2D eigenvalue weighted by Crippen LogP contribution is -2.09. The third-order valence-corrected chi connectivity index (χ3v) is 7.50. The Labute approximate surface area is 236 Å². The highest BCUT2D eigenvalue weighted by atomic mass is 16.4. The molecule has 0 bridgehead atoms. The number of aromatic nitrogens is 1. The van der Waals surface area contributed by atoms with Crippen molar-refractivity contribution in [2.24, 2.45) is 0 Å². The molecule has 4 heteroatoms. The number of para-hydroxylation sites is 2. The minimum Gasteiger partial charge on any atom is -0.456 e. The lowest BCUT2D eigenvalue weighted by atomic mass is 10.0. The van der Waals surface area contributed by atoms with Gasteiger partial charge in [-0.05, 0) is 83.9 Å². The SMILES string of the molecule is c1ccc(-c2nc3ccc4oc5cc(-c6ccc(N(c7ccccc7)c7ccccc7)cc6)ccc5c4c3o2)cc1. The van der Waals surface area contributed by atoms with Gasteiger partial charge in [-0.15, -0.1) is 0 Å². The van der Waals surface area contributed by atoms with Gasteiger partial charge in [0.25, 0.3) is 0 Å². The Balaban J connectivity index is 1.18. The summed E-state index contributed by atoms with van der Waals surface area (Å²) in [4.78, 5) is 7.00. The van der Waals surface area contributed by atoms with Crippen LogP contribution in [0.15, 0.2) is 154 Å². The summed E-state index contributed by atoms with van der Waals surface area (Å²) >= 11 is 0. The van der Waals surface area contributed by atoms with E-state index in [1.165, 1.54) is 0 Å². The van der Waals surface area contributed by atoms with Crippen LogP contribution in [-0.2, 0) is 0 Å². The number of hydrogen-bond acceptors (Lipinski definition) is 4. The maximum Gasteiger partial charge on any atom is 0.227 e. The number of oxazole rings is 1. The van der Waals surface area contributed by atoms with E-state index in [-0.39, 0.29) is 0 Å². The maximum absolute atomic E-state index is 6.32. The Bertz CT molecular complexity index is 2090. The van der Waals surface area contributed by atoms with E-state index >= 15 is 0 Å². The molecule has 0 spiro atoms. The molecule has 2 heterocycles. The van der Waals surface area contributed by atoms with Crippen LogP contribution in [0.5, 0.6) is 0 Å². The van der Waals surface area contributed by atoms with E-state index in [4.69, 9.17) is 13.8 Å². The van der Waals surface area contributed by atoms with Gasteiger partial charge >= 0.3 is 0 Å². The first-order valence-corrected chi connectivity index (χ1v) is 13.6. The average molecular weight is 529 g/mol. The molecule has 8 rings (SSSR count). The Kier molecular flexibility index (Phi) is 5.42. The second-order valence-electron chi connectivity index (χ2n) is 10.0. The lowest BCUT2D eigenvalue weighted by molar-refractivity contribution is 0.622. The van der Waals surface area contributed by atoms with Gasteiger partial charge in [0.15, 0.2) is 5.58 Å². The summed E-state index contributed by atoms with van der Waals surface area (Å²) in [5.41, 5.74) is 9.67. The van der Waals surface area contributed by atoms with Crippen LogP contribution in [-0.4, -0.2) is 4.98 Å². The zero-order valence-corrected chi connectivity index (χ0v) is 22.1. The molecule has 0 unspecified atom stereocenters. The quantitative estimate of drug-likeness (QED) is 0.223. The van der Waals surface area contributed by atoms with Crippen molar-refractivity contribution in [3.63, 3.8) is 0 Å². The number of furan rings is 1. The number of fused-ring (bicyclic) bond motifs is 5. The number of hydrogen-bond donors (Lipinski definition) is 0. The van der Waals surface area contributed by atoms with E-state index in [0.29, 0.717) is 5.89 Å². The first kappa shape index (κ1) is 23.3. The summed E-state index contributed by atoms with van der Waals surface area (Å²) < 4.78 is 12.6. The van der Waals surface area contributed by atoms with Crippen molar-refractivity contribution in [3.05, 3.63) is 146 Å². The lowest BCUT2D eigenvalue weighted by Gasteiger charge is -2.25. The summed E-state index contributed by atoms with van der Waals surface area (Å²) in [5, 5.41) is 1.97. The van der Waals surface area contributed by atoms with Gasteiger partial charge in [-0.2, -0.15) is 0 Å². The highest BCUT2D eigenvalue weighted by Crippen LogP contribution is 2.39. The van der Waals surface area contributed by atoms with E-state index in [0.717, 1.165) is 66.8 Å². The molecule has 0 saturated carbocycles. The fraction of sp³-hybridized carbons (Fsp3) is 0. The van der Waals surface area contributed by atoms with Crippen LogP contribution < -0.4 is 4.90 Å². The number of rotatable bonds is 5. The van der Waals surface area contributed by atoms with Crippen molar-refractivity contribution in [3.8, 4) is 22.6 Å². The van der Waals surface area contributed by atoms with Crippen LogP contribution in [0.1, 0.15) is 0 Å². The molecule has 8 aromatic rings. The molecular weight excluding hydrogens is 504 g/mol. The average Bonchev–Trinajstić information content (AvgIpc) is 3.64. The maximum atomic E-state index is 6.32. The van der Waals surface area contributed by atoms with E-state index < -0.39 is 0 Å². The highest BCUT2D eigenvalue weighted by molar-refractivity contribution is 6.16. The zero-order chi connectivity index (χ0) is 27.2. The van der Waals surface area contributed by atoms with Crippen LogP contribution in [0.2, 0.25) is 0 Å². The molecule has 41 heavy (non-hydrogen) atoms. The fourth-order valence-electron chi connectivity index (χ4n) is 5.53. The second kappa shape index (κ2) is 9.54. The number of nitrogens with zero attached hydrogens (tertiary/aromatic N) is 2. The molecule has 0 aliphatic heterocycles. The smallest absolute Gasteiger partial charge is 0.227 e. The van der Waals surface area contributed by atoms with Crippen molar-refractivity contribution in [1.82, 2.24) is 4.98 Å². The molecule has 0 aliphatic rings. The van der Waals surface area contributed by atoms with E-state index in [1.54, 1.807) is 0 Å². The van der Waals surface area contributed by atoms with Crippen molar-refractivity contribution >= 4 is 50.1 Å². The minimum absolute atomic E-state index is 0.610. The number of benzene rings is 6. The van der Waals surface area contributed by atoms with Gasteiger partial charge in [-0.1, -0.05) is 72.8 Å². The summed E-state index contributed by atoms with van der Waals surface area (Å²) in [6.07, 6.45) is 0. The molecular formula is C37H24N2O2. The second-order valence-corrected chi connectivity index (χ2v) is 10.0. The van der Waals surface area contributed by atoms with Gasteiger partial charge in [0.2, 0.25) is 5.89 Å². The van der Waals surface area contributed by atoms with Crippen LogP contribution in [0.25, 0.3) is 55.6 Å². The Morgan fingerprint density at radius 3 is 1.76 bits per heavy atom. The zero-order valence-electron chi connectivity index (χ0n) is 22.1. The summed E-state index contributed by atoms with van der Waals surface area (Å²) in [6, 6.07) is 49.8. The van der Waals surface area contributed by atoms with Crippen LogP contribution in [0.4, 0.5) is 17.1 Å².